The van der Waals surface area contributed by atoms with E-state index >= 15 is 8.78 Å². The van der Waals surface area contributed by atoms with E-state index in [1.807, 2.05) is 6.07 Å². The third-order valence-electron chi connectivity index (χ3n) is 7.23. The van der Waals surface area contributed by atoms with Crippen molar-refractivity contribution in [3.8, 4) is 23.3 Å². The first-order chi connectivity index (χ1) is 21.2. The number of halogens is 4. The molecule has 0 radical (unpaired) electrons. The Morgan fingerprint density at radius 1 is 1.02 bits per heavy atom. The zero-order valence-electron chi connectivity index (χ0n) is 22.7. The minimum atomic E-state index is -1.32. The number of carbonyl (C=O) groups is 1. The molecule has 5 aromatic rings. The van der Waals surface area contributed by atoms with Crippen molar-refractivity contribution in [1.29, 1.82) is 5.26 Å². The predicted molar refractivity (Wildman–Crippen MR) is 147 cm³/mol. The van der Waals surface area contributed by atoms with Crippen LogP contribution >= 0.6 is 0 Å². The van der Waals surface area contributed by atoms with Crippen LogP contribution in [0.3, 0.4) is 0 Å². The van der Waals surface area contributed by atoms with Crippen LogP contribution in [-0.2, 0) is 24.3 Å². The molecule has 1 atom stereocenters. The Morgan fingerprint density at radius 2 is 1.82 bits per heavy atom. The van der Waals surface area contributed by atoms with Gasteiger partial charge in [-0.15, -0.1) is 0 Å². The number of imidazole rings is 1. The standard InChI is InChI=1S/C31H21F4N5O4/c32-22-7-16(13-36)1-2-17(22)15-44-28-3-5-37-30(39-28)21-12-23(33)18(8-24(21)34)11-27-38-29-25(35)9-19(31(41)42)10-26(29)40(27)14-20-4-6-43-20/h1-3,5,7-10,12,20H,4,6,11,14-15H2,(H,41,42)/t20-/m0/s1. The minimum Gasteiger partial charge on any atom is -0.478 e. The van der Waals surface area contributed by atoms with E-state index in [1.54, 1.807) is 4.57 Å². The topological polar surface area (TPSA) is 123 Å². The molecule has 0 amide bonds. The predicted octanol–water partition coefficient (Wildman–Crippen LogP) is 5.58. The van der Waals surface area contributed by atoms with Crippen LogP contribution in [0.2, 0.25) is 0 Å². The Hall–Kier alpha value is -5.35. The second kappa shape index (κ2) is 11.7. The van der Waals surface area contributed by atoms with Crippen molar-refractivity contribution in [3.05, 3.63) is 106 Å². The molecule has 13 heteroatoms. The molecule has 0 aliphatic carbocycles. The summed E-state index contributed by atoms with van der Waals surface area (Å²) in [7, 11) is 0. The van der Waals surface area contributed by atoms with Crippen LogP contribution in [0, 0.1) is 34.6 Å². The number of carboxylic acid groups (broad SMARTS) is 1. The molecule has 3 heterocycles. The molecule has 222 valence electrons. The minimum absolute atomic E-state index is 0.0164. The Labute approximate surface area is 247 Å². The smallest absolute Gasteiger partial charge is 0.335 e. The molecular formula is C31H21F4N5O4. The van der Waals surface area contributed by atoms with Gasteiger partial charge in [-0.05, 0) is 48.4 Å². The van der Waals surface area contributed by atoms with Gasteiger partial charge in [0.25, 0.3) is 0 Å². The molecule has 0 spiro atoms. The summed E-state index contributed by atoms with van der Waals surface area (Å²) < 4.78 is 72.4. The fraction of sp³-hybridized carbons (Fsp3) is 0.194. The largest absolute Gasteiger partial charge is 0.478 e. The Kier molecular flexibility index (Phi) is 7.67. The molecular weight excluding hydrogens is 582 g/mol. The van der Waals surface area contributed by atoms with Crippen molar-refractivity contribution in [1.82, 2.24) is 19.5 Å². The van der Waals surface area contributed by atoms with Crippen LogP contribution in [-0.4, -0.2) is 43.3 Å². The molecule has 0 saturated carbocycles. The van der Waals surface area contributed by atoms with Gasteiger partial charge in [0.05, 0.1) is 40.9 Å². The molecule has 1 aliphatic heterocycles. The van der Waals surface area contributed by atoms with E-state index in [2.05, 4.69) is 15.0 Å². The van der Waals surface area contributed by atoms with Gasteiger partial charge in [0.15, 0.2) is 11.6 Å². The number of carboxylic acids is 1. The highest BCUT2D eigenvalue weighted by atomic mass is 19.1. The van der Waals surface area contributed by atoms with Crippen molar-refractivity contribution < 1.29 is 36.9 Å². The van der Waals surface area contributed by atoms with E-state index in [1.165, 1.54) is 30.5 Å². The summed E-state index contributed by atoms with van der Waals surface area (Å²) >= 11 is 0. The summed E-state index contributed by atoms with van der Waals surface area (Å²) in [6.45, 7) is 0.540. The number of rotatable bonds is 9. The van der Waals surface area contributed by atoms with Crippen LogP contribution in [0.1, 0.15) is 39.3 Å². The van der Waals surface area contributed by atoms with Crippen molar-refractivity contribution in [3.63, 3.8) is 0 Å². The average molecular weight is 604 g/mol. The summed E-state index contributed by atoms with van der Waals surface area (Å²) in [5.74, 6) is -4.45. The summed E-state index contributed by atoms with van der Waals surface area (Å²) in [6.07, 6.45) is 1.56. The molecule has 0 bridgehead atoms. The lowest BCUT2D eigenvalue weighted by Crippen LogP contribution is -2.31. The highest BCUT2D eigenvalue weighted by Crippen LogP contribution is 2.29. The normalized spacial score (nSPS) is 14.3. The van der Waals surface area contributed by atoms with Gasteiger partial charge in [-0.1, -0.05) is 6.07 Å². The molecule has 3 aromatic carbocycles. The maximum absolute atomic E-state index is 15.4. The summed E-state index contributed by atoms with van der Waals surface area (Å²) in [5.41, 5.74) is -0.175. The third-order valence-corrected chi connectivity index (χ3v) is 7.23. The molecule has 44 heavy (non-hydrogen) atoms. The lowest BCUT2D eigenvalue weighted by atomic mass is 10.1. The fourth-order valence-corrected chi connectivity index (χ4v) is 4.83. The van der Waals surface area contributed by atoms with Crippen LogP contribution < -0.4 is 4.74 Å². The van der Waals surface area contributed by atoms with E-state index in [0.717, 1.165) is 30.7 Å². The number of hydrogen-bond acceptors (Lipinski definition) is 7. The first-order valence-electron chi connectivity index (χ1n) is 13.4. The maximum Gasteiger partial charge on any atom is 0.335 e. The molecule has 2 aromatic heterocycles. The number of fused-ring (bicyclic) bond motifs is 1. The number of benzene rings is 3. The molecule has 6 rings (SSSR count). The molecule has 1 N–H and O–H groups in total. The van der Waals surface area contributed by atoms with Crippen molar-refractivity contribution in [2.75, 3.05) is 6.61 Å². The number of aromatic carboxylic acids is 1. The highest BCUT2D eigenvalue weighted by Gasteiger charge is 2.25. The summed E-state index contributed by atoms with van der Waals surface area (Å²) in [5, 5.41) is 18.3. The van der Waals surface area contributed by atoms with Crippen molar-refractivity contribution in [2.45, 2.75) is 32.1 Å². The summed E-state index contributed by atoms with van der Waals surface area (Å²) in [6, 6.07) is 11.2. The van der Waals surface area contributed by atoms with Gasteiger partial charge in [-0.2, -0.15) is 10.2 Å². The Morgan fingerprint density at radius 3 is 2.52 bits per heavy atom. The van der Waals surface area contributed by atoms with Gasteiger partial charge in [-0.25, -0.2) is 32.3 Å². The molecule has 1 fully saturated rings. The van der Waals surface area contributed by atoms with Gasteiger partial charge in [0.2, 0.25) is 5.88 Å². The first kappa shape index (κ1) is 28.8. The zero-order chi connectivity index (χ0) is 31.0. The highest BCUT2D eigenvalue weighted by molar-refractivity contribution is 5.92. The van der Waals surface area contributed by atoms with Gasteiger partial charge >= 0.3 is 5.97 Å². The van der Waals surface area contributed by atoms with Gasteiger partial charge in [0.1, 0.15) is 35.4 Å². The van der Waals surface area contributed by atoms with Crippen molar-refractivity contribution >= 4 is 17.0 Å². The van der Waals surface area contributed by atoms with Crippen LogP contribution in [0.15, 0.2) is 54.7 Å². The van der Waals surface area contributed by atoms with Crippen LogP contribution in [0.4, 0.5) is 17.6 Å². The third kappa shape index (κ3) is 5.67. The zero-order valence-corrected chi connectivity index (χ0v) is 22.7. The number of nitrogens with zero attached hydrogens (tertiary/aromatic N) is 5. The second-order valence-corrected chi connectivity index (χ2v) is 10.1. The van der Waals surface area contributed by atoms with Gasteiger partial charge < -0.3 is 19.1 Å². The SMILES string of the molecule is N#Cc1ccc(COc2ccnc(-c3cc(F)c(Cc4nc5c(F)cc(C(=O)O)cc5n4C[C@@H]4CCO4)cc3F)n2)c(F)c1. The van der Waals surface area contributed by atoms with Crippen LogP contribution in [0.25, 0.3) is 22.4 Å². The van der Waals surface area contributed by atoms with Gasteiger partial charge in [0, 0.05) is 30.9 Å². The van der Waals surface area contributed by atoms with Crippen molar-refractivity contribution in [2.24, 2.45) is 0 Å². The number of aromatic nitrogens is 4. The number of nitriles is 1. The monoisotopic (exact) mass is 603 g/mol. The summed E-state index contributed by atoms with van der Waals surface area (Å²) in [4.78, 5) is 24.0. The fourth-order valence-electron chi connectivity index (χ4n) is 4.83. The maximum atomic E-state index is 15.4. The Bertz CT molecular complexity index is 1970. The molecule has 1 saturated heterocycles. The number of ether oxygens (including phenoxy) is 2. The molecule has 0 unspecified atom stereocenters. The quantitative estimate of drug-likeness (QED) is 0.217. The van der Waals surface area contributed by atoms with E-state index in [4.69, 9.17) is 14.7 Å². The Balaban J connectivity index is 1.28. The lowest BCUT2D eigenvalue weighted by Gasteiger charge is -2.27. The van der Waals surface area contributed by atoms with E-state index in [0.29, 0.717) is 6.61 Å². The second-order valence-electron chi connectivity index (χ2n) is 10.1. The molecule has 1 aliphatic rings. The average Bonchev–Trinajstić information content (AvgIpc) is 3.33. The lowest BCUT2D eigenvalue weighted by molar-refractivity contribution is -0.0589. The van der Waals surface area contributed by atoms with E-state index in [-0.39, 0.29) is 82.1 Å². The van der Waals surface area contributed by atoms with Gasteiger partial charge in [-0.3, -0.25) is 0 Å². The van der Waals surface area contributed by atoms with Crippen LogP contribution in [0.5, 0.6) is 5.88 Å². The number of hydrogen-bond donors (Lipinski definition) is 1. The van der Waals surface area contributed by atoms with E-state index < -0.39 is 29.2 Å². The molecule has 9 nitrogen and oxygen atoms in total. The van der Waals surface area contributed by atoms with E-state index in [9.17, 15) is 18.7 Å². The first-order valence-corrected chi connectivity index (χ1v) is 13.4.